The zero-order chi connectivity index (χ0) is 65.1. The Morgan fingerprint density at radius 2 is 0.912 bits per heavy atom. The van der Waals surface area contributed by atoms with Crippen molar-refractivity contribution in [3.8, 4) is 17.2 Å². The molecule has 490 valence electrons. The molecule has 1 amide bonds. The third-order valence-electron chi connectivity index (χ3n) is 17.0. The van der Waals surface area contributed by atoms with Crippen LogP contribution in [0.25, 0.3) is 0 Å². The van der Waals surface area contributed by atoms with Gasteiger partial charge in [-0.05, 0) is 130 Å². The first-order chi connectivity index (χ1) is 43.6. The molecule has 0 aromatic heterocycles. The van der Waals surface area contributed by atoms with Crippen LogP contribution in [0.15, 0.2) is 97.1 Å². The minimum atomic E-state index is -1.48. The number of anilines is 2. The summed E-state index contributed by atoms with van der Waals surface area (Å²) >= 11 is 19.1. The SMILES string of the molecule is CN1C(=O)CCc2cc(Cc3cc([C@@H]4O[C@H](CO)[C@@H](O)[C@H](O)[C@H]4O)ccc3Cl)ccc21.OC[C@H]1O[C@@H](c2ccc(Cl)c(Cc3cc(F)c4c(c3)NCCO4)c2)[C@H](O)[C@@H](O)[C@@H]1O.OC[C@H]1O[C@@H](c2ccc(Cl)c(Cc3cc(F)c4c(c3)OCCO4)c2)[C@H](O)[C@@H](O)[C@@H]1O. The van der Waals surface area contributed by atoms with Crippen molar-refractivity contribution in [1.82, 2.24) is 0 Å². The van der Waals surface area contributed by atoms with E-state index in [1.807, 2.05) is 18.2 Å². The number of rotatable bonds is 12. The second-order valence-electron chi connectivity index (χ2n) is 23.1. The van der Waals surface area contributed by atoms with Crippen molar-refractivity contribution in [2.45, 2.75) is 124 Å². The number of benzene rings is 6. The van der Waals surface area contributed by atoms with E-state index in [1.165, 1.54) is 12.1 Å². The third-order valence-corrected chi connectivity index (χ3v) is 18.1. The molecule has 12 rings (SSSR count). The molecule has 6 aromatic rings. The van der Waals surface area contributed by atoms with E-state index < -0.39 is 123 Å². The lowest BCUT2D eigenvalue weighted by Crippen LogP contribution is -2.55. The predicted molar refractivity (Wildman–Crippen MR) is 327 cm³/mol. The molecule has 15 atom stereocenters. The predicted octanol–water partition coefficient (Wildman–Crippen LogP) is 4.10. The maximum atomic E-state index is 14.4. The van der Waals surface area contributed by atoms with Gasteiger partial charge in [0.1, 0.15) is 111 Å². The average Bonchev–Trinajstić information content (AvgIpc) is 1.10. The summed E-state index contributed by atoms with van der Waals surface area (Å²) in [6, 6.07) is 27.3. The molecule has 13 N–H and O–H groups in total. The first-order valence-corrected chi connectivity index (χ1v) is 30.6. The molecule has 6 heterocycles. The van der Waals surface area contributed by atoms with Crippen molar-refractivity contribution in [3.05, 3.63) is 179 Å². The molecule has 0 radical (unpaired) electrons. The molecule has 0 bridgehead atoms. The molecule has 26 heteroatoms. The Morgan fingerprint density at radius 3 is 1.38 bits per heavy atom. The van der Waals surface area contributed by atoms with Crippen LogP contribution in [0.3, 0.4) is 0 Å². The Bertz CT molecular complexity index is 3400. The van der Waals surface area contributed by atoms with Gasteiger partial charge in [0, 0.05) is 40.8 Å². The molecular formula is C65H71Cl3F2N2O19. The van der Waals surface area contributed by atoms with E-state index in [1.54, 1.807) is 72.6 Å². The molecule has 6 aliphatic heterocycles. The van der Waals surface area contributed by atoms with Gasteiger partial charge in [0.2, 0.25) is 5.91 Å². The number of carbonyl (C=O) groups excluding carboxylic acids is 1. The van der Waals surface area contributed by atoms with Gasteiger partial charge in [0.05, 0.1) is 25.5 Å². The lowest BCUT2D eigenvalue weighted by atomic mass is 9.90. The standard InChI is InChI=1S/C23H26ClNO6.C21H23ClFNO6.C21H22ClFO7/c1-25-17-6-2-12(8-13(17)4-7-19(25)27)9-15-10-14(3-5-16(15)24)23-22(30)21(29)20(28)18(11-26)31-23;22-13-2-1-11(20-19(28)18(27)17(26)16(9-25)30-20)8-12(13)5-10-6-14(23)21-15(7-10)24-3-4-29-21;22-13-2-1-11(20-19(27)18(26)17(25)16(9-24)30-20)8-12(13)5-10-6-14(23)21-15(7-10)28-3-4-29-21/h2-3,5-6,8,10,18,20-23,26,28-30H,4,7,9,11H2,1H3;1-2,6-8,16-20,24-28H,3-5,9H2;1-2,6-8,16-20,24-27H,3-5,9H2/t18-,20-,21+,22-,23+;2*16-,17-,18+,19-,20+/m111/s1. The third kappa shape index (κ3) is 14.9. The minimum absolute atomic E-state index is 0.0890. The molecular weight excluding hydrogens is 1260 g/mol. The molecule has 0 unspecified atom stereocenters. The van der Waals surface area contributed by atoms with Gasteiger partial charge in [-0.25, -0.2) is 8.78 Å². The first kappa shape index (κ1) is 68.0. The number of nitrogens with one attached hydrogen (secondary N) is 1. The molecule has 91 heavy (non-hydrogen) atoms. The number of aliphatic hydroxyl groups is 12. The molecule has 6 aliphatic rings. The van der Waals surface area contributed by atoms with E-state index in [-0.39, 0.29) is 30.4 Å². The van der Waals surface area contributed by atoms with Gasteiger partial charge in [0.25, 0.3) is 0 Å². The number of halogens is 5. The van der Waals surface area contributed by atoms with Gasteiger partial charge in [-0.2, -0.15) is 0 Å². The summed E-state index contributed by atoms with van der Waals surface area (Å²) in [6.45, 7) is 0.108. The van der Waals surface area contributed by atoms with Crippen LogP contribution in [0, 0.1) is 11.6 Å². The molecule has 3 saturated heterocycles. The Labute approximate surface area is 536 Å². The summed E-state index contributed by atoms with van der Waals surface area (Å²) < 4.78 is 61.8. The van der Waals surface area contributed by atoms with Crippen LogP contribution < -0.4 is 24.4 Å². The van der Waals surface area contributed by atoms with Gasteiger partial charge in [-0.1, -0.05) is 83.3 Å². The average molecular weight is 1330 g/mol. The van der Waals surface area contributed by atoms with Gasteiger partial charge >= 0.3 is 0 Å². The van der Waals surface area contributed by atoms with Crippen molar-refractivity contribution in [2.24, 2.45) is 0 Å². The van der Waals surface area contributed by atoms with E-state index in [0.717, 1.165) is 22.4 Å². The molecule has 0 spiro atoms. The number of carbonyl (C=O) groups is 1. The van der Waals surface area contributed by atoms with Crippen molar-refractivity contribution in [2.75, 3.05) is 63.5 Å². The van der Waals surface area contributed by atoms with Crippen LogP contribution in [0.1, 0.15) is 80.4 Å². The minimum Gasteiger partial charge on any atom is -0.486 e. The highest BCUT2D eigenvalue weighted by Crippen LogP contribution is 2.41. The Kier molecular flexibility index (Phi) is 22.1. The number of hydrogen-bond acceptors (Lipinski definition) is 20. The summed E-state index contributed by atoms with van der Waals surface area (Å²) in [7, 11) is 1.78. The van der Waals surface area contributed by atoms with Gasteiger partial charge < -0.3 is 99.9 Å². The summed E-state index contributed by atoms with van der Waals surface area (Å²) in [5.74, 6) is -0.260. The van der Waals surface area contributed by atoms with Crippen molar-refractivity contribution < 1.29 is 103 Å². The van der Waals surface area contributed by atoms with Crippen LogP contribution in [0.4, 0.5) is 20.2 Å². The smallest absolute Gasteiger partial charge is 0.227 e. The van der Waals surface area contributed by atoms with Gasteiger partial charge in [-0.15, -0.1) is 0 Å². The van der Waals surface area contributed by atoms with E-state index in [4.69, 9.17) is 63.2 Å². The second-order valence-corrected chi connectivity index (χ2v) is 24.3. The maximum Gasteiger partial charge on any atom is 0.227 e. The zero-order valence-corrected chi connectivity index (χ0v) is 51.2. The van der Waals surface area contributed by atoms with Crippen molar-refractivity contribution in [1.29, 1.82) is 0 Å². The van der Waals surface area contributed by atoms with E-state index in [0.29, 0.717) is 111 Å². The molecule has 3 fully saturated rings. The fourth-order valence-electron chi connectivity index (χ4n) is 12.0. The second kappa shape index (κ2) is 29.6. The topological polar surface area (TPSA) is 330 Å². The van der Waals surface area contributed by atoms with E-state index >= 15 is 0 Å². The number of ether oxygens (including phenoxy) is 6. The van der Waals surface area contributed by atoms with Crippen molar-refractivity contribution >= 4 is 52.1 Å². The quantitative estimate of drug-likeness (QED) is 0.0820. The normalized spacial score (nSPS) is 28.4. The molecule has 0 aliphatic carbocycles. The lowest BCUT2D eigenvalue weighted by molar-refractivity contribution is -0.231. The molecule has 0 saturated carbocycles. The maximum absolute atomic E-state index is 14.4. The summed E-state index contributed by atoms with van der Waals surface area (Å²) in [4.78, 5) is 13.6. The highest BCUT2D eigenvalue weighted by Gasteiger charge is 2.47. The van der Waals surface area contributed by atoms with Gasteiger partial charge in [-0.3, -0.25) is 4.79 Å². The highest BCUT2D eigenvalue weighted by atomic mass is 35.5. The van der Waals surface area contributed by atoms with Gasteiger partial charge in [0.15, 0.2) is 28.9 Å². The zero-order valence-electron chi connectivity index (χ0n) is 48.9. The lowest BCUT2D eigenvalue weighted by Gasteiger charge is -2.40. The van der Waals surface area contributed by atoms with Crippen molar-refractivity contribution in [3.63, 3.8) is 0 Å². The first-order valence-electron chi connectivity index (χ1n) is 29.5. The van der Waals surface area contributed by atoms with Crippen LogP contribution >= 0.6 is 34.8 Å². The summed E-state index contributed by atoms with van der Waals surface area (Å²) in [5.41, 5.74) is 8.69. The number of fused-ring (bicyclic) bond motifs is 3. The van der Waals surface area contributed by atoms with Crippen LogP contribution in [0.2, 0.25) is 15.1 Å². The fourth-order valence-corrected chi connectivity index (χ4v) is 12.5. The molecule has 6 aromatic carbocycles. The highest BCUT2D eigenvalue weighted by molar-refractivity contribution is 6.32. The van der Waals surface area contributed by atoms with Crippen LogP contribution in [-0.4, -0.2) is 194 Å². The largest absolute Gasteiger partial charge is 0.486 e. The summed E-state index contributed by atoms with van der Waals surface area (Å²) in [5, 5.41) is 124. The van der Waals surface area contributed by atoms with E-state index in [9.17, 15) is 74.9 Å². The van der Waals surface area contributed by atoms with Crippen LogP contribution in [0.5, 0.6) is 17.2 Å². The number of aryl methyl sites for hydroxylation is 1. The Hall–Kier alpha value is -5.88. The number of amides is 1. The summed E-state index contributed by atoms with van der Waals surface area (Å²) in [6.07, 6.45) is -16.3. The number of aliphatic hydroxyl groups excluding tert-OH is 12. The monoisotopic (exact) mass is 1330 g/mol. The van der Waals surface area contributed by atoms with Crippen LogP contribution in [-0.2, 0) is 44.7 Å². The Balaban J connectivity index is 0.000000150. The fraction of sp³-hybridized carbons (Fsp3) is 0.431. The Morgan fingerprint density at radius 1 is 0.484 bits per heavy atom. The number of hydrogen-bond donors (Lipinski definition) is 13. The van der Waals surface area contributed by atoms with E-state index in [2.05, 4.69) is 11.4 Å². The molecule has 21 nitrogen and oxygen atoms in total. The number of nitrogens with zero attached hydrogens (tertiary/aromatic N) is 1.